The number of hydrogen-bond donors (Lipinski definition) is 2. The van der Waals surface area contributed by atoms with Gasteiger partial charge in [0.2, 0.25) is 5.91 Å². The minimum atomic E-state index is -2.89. The number of nitrogens with two attached hydrogens (primary N) is 1. The Balaban J connectivity index is 2.57. The SMILES string of the molecule is CC(C)(C)C(N)CC(=O)NCc1ccccc1OC(F)F. The van der Waals surface area contributed by atoms with Crippen molar-refractivity contribution in [2.24, 2.45) is 11.1 Å². The molecule has 0 spiro atoms. The van der Waals surface area contributed by atoms with Crippen molar-refractivity contribution < 1.29 is 18.3 Å². The van der Waals surface area contributed by atoms with Gasteiger partial charge in [0.1, 0.15) is 5.75 Å². The van der Waals surface area contributed by atoms with E-state index >= 15 is 0 Å². The fourth-order valence-electron chi connectivity index (χ4n) is 1.63. The smallest absolute Gasteiger partial charge is 0.387 e. The van der Waals surface area contributed by atoms with Gasteiger partial charge >= 0.3 is 6.61 Å². The number of carbonyl (C=O) groups is 1. The van der Waals surface area contributed by atoms with E-state index in [1.807, 2.05) is 20.8 Å². The topological polar surface area (TPSA) is 64.4 Å². The third-order valence-corrected chi connectivity index (χ3v) is 3.18. The number of rotatable bonds is 6. The summed E-state index contributed by atoms with van der Waals surface area (Å²) >= 11 is 0. The summed E-state index contributed by atoms with van der Waals surface area (Å²) in [5.74, 6) is -0.155. The van der Waals surface area contributed by atoms with Crippen LogP contribution in [0, 0.1) is 5.41 Å². The van der Waals surface area contributed by atoms with Crippen LogP contribution in [0.3, 0.4) is 0 Å². The maximum Gasteiger partial charge on any atom is 0.387 e. The van der Waals surface area contributed by atoms with Crippen LogP contribution >= 0.6 is 0 Å². The molecule has 118 valence electrons. The van der Waals surface area contributed by atoms with E-state index in [2.05, 4.69) is 10.1 Å². The van der Waals surface area contributed by atoms with Crippen molar-refractivity contribution in [3.63, 3.8) is 0 Å². The third kappa shape index (κ3) is 6.08. The molecule has 0 aliphatic rings. The standard InChI is InChI=1S/C15H22F2N2O2/c1-15(2,3)12(18)8-13(20)19-9-10-6-4-5-7-11(10)21-14(16)17/h4-7,12,14H,8-9,18H2,1-3H3,(H,19,20). The predicted octanol–water partition coefficient (Wildman–Crippen LogP) is 2.67. The number of nitrogens with one attached hydrogen (secondary N) is 1. The van der Waals surface area contributed by atoms with Crippen LogP contribution < -0.4 is 15.8 Å². The molecule has 21 heavy (non-hydrogen) atoms. The Labute approximate surface area is 123 Å². The Morgan fingerprint density at radius 1 is 1.33 bits per heavy atom. The predicted molar refractivity (Wildman–Crippen MR) is 77.0 cm³/mol. The zero-order chi connectivity index (χ0) is 16.0. The fraction of sp³-hybridized carbons (Fsp3) is 0.533. The van der Waals surface area contributed by atoms with Gasteiger partial charge in [-0.15, -0.1) is 0 Å². The molecule has 1 aromatic carbocycles. The summed E-state index contributed by atoms with van der Waals surface area (Å²) in [6.07, 6.45) is 0.182. The van der Waals surface area contributed by atoms with E-state index in [1.54, 1.807) is 18.2 Å². The van der Waals surface area contributed by atoms with Gasteiger partial charge in [-0.2, -0.15) is 8.78 Å². The first kappa shape index (κ1) is 17.4. The van der Waals surface area contributed by atoms with Crippen LogP contribution in [0.25, 0.3) is 0 Å². The Morgan fingerprint density at radius 2 is 1.95 bits per heavy atom. The van der Waals surface area contributed by atoms with Crippen LogP contribution in [0.2, 0.25) is 0 Å². The zero-order valence-corrected chi connectivity index (χ0v) is 12.5. The average Bonchev–Trinajstić information content (AvgIpc) is 2.36. The van der Waals surface area contributed by atoms with Crippen LogP contribution in [0.1, 0.15) is 32.8 Å². The van der Waals surface area contributed by atoms with Gasteiger partial charge in [-0.05, 0) is 11.5 Å². The quantitative estimate of drug-likeness (QED) is 0.849. The van der Waals surface area contributed by atoms with E-state index in [4.69, 9.17) is 5.73 Å². The number of para-hydroxylation sites is 1. The second-order valence-electron chi connectivity index (χ2n) is 5.94. The van der Waals surface area contributed by atoms with Crippen LogP contribution in [-0.4, -0.2) is 18.6 Å². The second-order valence-corrected chi connectivity index (χ2v) is 5.94. The van der Waals surface area contributed by atoms with Crippen molar-refractivity contribution in [2.75, 3.05) is 0 Å². The molecule has 0 heterocycles. The monoisotopic (exact) mass is 300 g/mol. The third-order valence-electron chi connectivity index (χ3n) is 3.18. The molecule has 6 heteroatoms. The molecule has 0 fully saturated rings. The highest BCUT2D eigenvalue weighted by Gasteiger charge is 2.23. The van der Waals surface area contributed by atoms with E-state index in [0.717, 1.165) is 0 Å². The highest BCUT2D eigenvalue weighted by Crippen LogP contribution is 2.21. The molecule has 0 aliphatic heterocycles. The van der Waals surface area contributed by atoms with Crippen LogP contribution in [0.5, 0.6) is 5.75 Å². The second kappa shape index (κ2) is 7.36. The normalized spacial score (nSPS) is 13.1. The lowest BCUT2D eigenvalue weighted by Gasteiger charge is -2.26. The molecule has 1 rings (SSSR count). The number of alkyl halides is 2. The number of hydrogen-bond acceptors (Lipinski definition) is 3. The molecule has 0 saturated carbocycles. The summed E-state index contributed by atoms with van der Waals surface area (Å²) in [6, 6.07) is 6.08. The number of carbonyl (C=O) groups excluding carboxylic acids is 1. The Hall–Kier alpha value is -1.69. The van der Waals surface area contributed by atoms with Gasteiger partial charge in [0.15, 0.2) is 0 Å². The number of halogens is 2. The average molecular weight is 300 g/mol. The van der Waals surface area contributed by atoms with Gasteiger partial charge in [-0.3, -0.25) is 4.79 Å². The zero-order valence-electron chi connectivity index (χ0n) is 12.5. The van der Waals surface area contributed by atoms with E-state index < -0.39 is 6.61 Å². The van der Waals surface area contributed by atoms with Crippen LogP contribution in [-0.2, 0) is 11.3 Å². The summed E-state index contributed by atoms with van der Waals surface area (Å²) in [7, 11) is 0. The maximum atomic E-state index is 12.3. The van der Waals surface area contributed by atoms with Crippen molar-refractivity contribution in [1.82, 2.24) is 5.32 Å². The van der Waals surface area contributed by atoms with Crippen molar-refractivity contribution >= 4 is 5.91 Å². The molecule has 4 nitrogen and oxygen atoms in total. The lowest BCUT2D eigenvalue weighted by molar-refractivity contribution is -0.122. The number of ether oxygens (including phenoxy) is 1. The molecule has 0 aliphatic carbocycles. The molecule has 0 radical (unpaired) electrons. The van der Waals surface area contributed by atoms with Crippen molar-refractivity contribution in [1.29, 1.82) is 0 Å². The highest BCUT2D eigenvalue weighted by molar-refractivity contribution is 5.76. The lowest BCUT2D eigenvalue weighted by Crippen LogP contribution is -2.40. The molecule has 1 atom stereocenters. The van der Waals surface area contributed by atoms with Gasteiger partial charge in [0, 0.05) is 24.6 Å². The van der Waals surface area contributed by atoms with E-state index in [0.29, 0.717) is 5.56 Å². The molecule has 1 unspecified atom stereocenters. The first-order valence-electron chi connectivity index (χ1n) is 6.75. The lowest BCUT2D eigenvalue weighted by atomic mass is 9.85. The minimum Gasteiger partial charge on any atom is -0.434 e. The van der Waals surface area contributed by atoms with Crippen molar-refractivity contribution in [2.45, 2.75) is 46.4 Å². The van der Waals surface area contributed by atoms with Crippen LogP contribution in [0.15, 0.2) is 24.3 Å². The largest absolute Gasteiger partial charge is 0.434 e. The number of amides is 1. The van der Waals surface area contributed by atoms with E-state index in [9.17, 15) is 13.6 Å². The van der Waals surface area contributed by atoms with Gasteiger partial charge < -0.3 is 15.8 Å². The summed E-state index contributed by atoms with van der Waals surface area (Å²) in [6.45, 7) is 3.10. The summed E-state index contributed by atoms with van der Waals surface area (Å²) in [5.41, 5.74) is 6.25. The summed E-state index contributed by atoms with van der Waals surface area (Å²) in [5, 5.41) is 2.67. The molecule has 0 aromatic heterocycles. The van der Waals surface area contributed by atoms with Gasteiger partial charge in [-0.25, -0.2) is 0 Å². The molecular formula is C15H22F2N2O2. The molecule has 0 bridgehead atoms. The first-order valence-corrected chi connectivity index (χ1v) is 6.75. The summed E-state index contributed by atoms with van der Waals surface area (Å²) in [4.78, 5) is 11.8. The van der Waals surface area contributed by atoms with Gasteiger partial charge in [-0.1, -0.05) is 39.0 Å². The maximum absolute atomic E-state index is 12.3. The molecule has 1 aromatic rings. The Morgan fingerprint density at radius 3 is 2.52 bits per heavy atom. The van der Waals surface area contributed by atoms with Gasteiger partial charge in [0.05, 0.1) is 0 Å². The van der Waals surface area contributed by atoms with E-state index in [1.165, 1.54) is 6.07 Å². The van der Waals surface area contributed by atoms with Crippen molar-refractivity contribution in [3.05, 3.63) is 29.8 Å². The number of benzene rings is 1. The molecular weight excluding hydrogens is 278 g/mol. The fourth-order valence-corrected chi connectivity index (χ4v) is 1.63. The Bertz CT molecular complexity index is 473. The first-order chi connectivity index (χ1) is 9.70. The van der Waals surface area contributed by atoms with E-state index in [-0.39, 0.29) is 36.1 Å². The molecule has 0 saturated heterocycles. The van der Waals surface area contributed by atoms with Crippen LogP contribution in [0.4, 0.5) is 8.78 Å². The highest BCUT2D eigenvalue weighted by atomic mass is 19.3. The molecule has 3 N–H and O–H groups in total. The van der Waals surface area contributed by atoms with Gasteiger partial charge in [0.25, 0.3) is 0 Å². The van der Waals surface area contributed by atoms with Crippen molar-refractivity contribution in [3.8, 4) is 5.75 Å². The minimum absolute atomic E-state index is 0.0629. The Kier molecular flexibility index (Phi) is 6.08. The summed E-state index contributed by atoms with van der Waals surface area (Å²) < 4.78 is 29.0. The molecule has 1 amide bonds.